The number of aliphatic hydroxyl groups excluding tert-OH is 1. The van der Waals surface area contributed by atoms with E-state index in [0.29, 0.717) is 6.54 Å². The molecule has 0 aliphatic heterocycles. The van der Waals surface area contributed by atoms with Gasteiger partial charge in [0, 0.05) is 18.7 Å². The lowest BCUT2D eigenvalue weighted by Gasteiger charge is -2.16. The monoisotopic (exact) mass is 276 g/mol. The Bertz CT molecular complexity index is 456. The van der Waals surface area contributed by atoms with Crippen LogP contribution in [0.15, 0.2) is 24.3 Å². The molecule has 0 heterocycles. The highest BCUT2D eigenvalue weighted by Gasteiger charge is 2.41. The van der Waals surface area contributed by atoms with Crippen molar-refractivity contribution in [3.8, 4) is 0 Å². The molecule has 0 spiro atoms. The molecule has 3 N–H and O–H groups in total. The van der Waals surface area contributed by atoms with E-state index in [4.69, 9.17) is 5.11 Å². The highest BCUT2D eigenvalue weighted by molar-refractivity contribution is 5.95. The summed E-state index contributed by atoms with van der Waals surface area (Å²) in [6, 6.07) is 7.76. The minimum Gasteiger partial charge on any atom is -0.396 e. The molecule has 1 aliphatic carbocycles. The molecule has 0 atom stereocenters. The molecule has 1 saturated carbocycles. The molecule has 0 aromatic heterocycles. The van der Waals surface area contributed by atoms with Crippen LogP contribution in [0.3, 0.4) is 0 Å². The van der Waals surface area contributed by atoms with E-state index in [1.165, 1.54) is 0 Å². The van der Waals surface area contributed by atoms with Gasteiger partial charge in [-0.15, -0.1) is 0 Å². The van der Waals surface area contributed by atoms with E-state index in [1.54, 1.807) is 0 Å². The summed E-state index contributed by atoms with van der Waals surface area (Å²) in [6.07, 6.45) is 3.85. The van der Waals surface area contributed by atoms with Gasteiger partial charge < -0.3 is 15.7 Å². The van der Waals surface area contributed by atoms with Crippen molar-refractivity contribution in [2.45, 2.75) is 25.7 Å². The molecule has 0 unspecified atom stereocenters. The molecule has 1 fully saturated rings. The van der Waals surface area contributed by atoms with E-state index >= 15 is 0 Å². The molecule has 1 amide bonds. The van der Waals surface area contributed by atoms with E-state index in [0.717, 1.165) is 43.4 Å². The number of hydrogen-bond acceptors (Lipinski definition) is 3. The lowest BCUT2D eigenvalue weighted by atomic mass is 10.0. The number of aliphatic hydroxyl groups is 1. The first-order valence-electron chi connectivity index (χ1n) is 7.32. The first-order chi connectivity index (χ1) is 9.71. The fraction of sp³-hybridized carbons (Fsp3) is 0.562. The fourth-order valence-electron chi connectivity index (χ4n) is 2.51. The van der Waals surface area contributed by atoms with Crippen molar-refractivity contribution in [2.75, 3.05) is 26.7 Å². The summed E-state index contributed by atoms with van der Waals surface area (Å²) in [6.45, 7) is 1.74. The molecule has 20 heavy (non-hydrogen) atoms. The average molecular weight is 276 g/mol. The summed E-state index contributed by atoms with van der Waals surface area (Å²) >= 11 is 0. The third-order valence-corrected chi connectivity index (χ3v) is 4.13. The second-order valence-electron chi connectivity index (χ2n) is 5.67. The van der Waals surface area contributed by atoms with Crippen LogP contribution < -0.4 is 10.6 Å². The Kier molecular flexibility index (Phi) is 5.15. The molecule has 1 aromatic rings. The number of rotatable bonds is 8. The van der Waals surface area contributed by atoms with Gasteiger partial charge in [-0.2, -0.15) is 0 Å². The second-order valence-corrected chi connectivity index (χ2v) is 5.67. The van der Waals surface area contributed by atoms with Crippen molar-refractivity contribution in [3.05, 3.63) is 35.4 Å². The Morgan fingerprint density at radius 2 is 2.10 bits per heavy atom. The van der Waals surface area contributed by atoms with Crippen LogP contribution in [-0.4, -0.2) is 37.8 Å². The Morgan fingerprint density at radius 1 is 1.35 bits per heavy atom. The van der Waals surface area contributed by atoms with Gasteiger partial charge in [-0.1, -0.05) is 18.2 Å². The third-order valence-electron chi connectivity index (χ3n) is 4.13. The molecule has 0 radical (unpaired) electrons. The predicted molar refractivity (Wildman–Crippen MR) is 79.8 cm³/mol. The van der Waals surface area contributed by atoms with Crippen molar-refractivity contribution in [2.24, 2.45) is 5.41 Å². The lowest BCUT2D eigenvalue weighted by Crippen LogP contribution is -2.31. The van der Waals surface area contributed by atoms with Crippen LogP contribution >= 0.6 is 0 Å². The van der Waals surface area contributed by atoms with Crippen molar-refractivity contribution in [1.29, 1.82) is 0 Å². The standard InChI is InChI=1S/C16H24N2O2/c1-17-10-6-13-4-2-3-5-14(13)15(20)18-12-16(7-8-16)9-11-19/h2-5,17,19H,6-12H2,1H3,(H,18,20). The summed E-state index contributed by atoms with van der Waals surface area (Å²) in [5.74, 6) is 0.000850. The summed E-state index contributed by atoms with van der Waals surface area (Å²) in [5, 5.41) is 15.2. The molecule has 2 rings (SSSR count). The van der Waals surface area contributed by atoms with Gasteiger partial charge >= 0.3 is 0 Å². The first-order valence-corrected chi connectivity index (χ1v) is 7.32. The smallest absolute Gasteiger partial charge is 0.251 e. The van der Waals surface area contributed by atoms with E-state index in [1.807, 2.05) is 31.3 Å². The SMILES string of the molecule is CNCCc1ccccc1C(=O)NCC1(CCO)CC1. The second kappa shape index (κ2) is 6.86. The molecule has 0 bridgehead atoms. The van der Waals surface area contributed by atoms with Crippen LogP contribution in [0.4, 0.5) is 0 Å². The Balaban J connectivity index is 1.95. The zero-order valence-corrected chi connectivity index (χ0v) is 12.1. The number of hydrogen-bond donors (Lipinski definition) is 3. The van der Waals surface area contributed by atoms with Gasteiger partial charge in [-0.05, 0) is 56.3 Å². The molecule has 4 heteroatoms. The molecule has 110 valence electrons. The topological polar surface area (TPSA) is 61.4 Å². The van der Waals surface area contributed by atoms with Gasteiger partial charge in [0.2, 0.25) is 0 Å². The van der Waals surface area contributed by atoms with Crippen LogP contribution in [0, 0.1) is 5.41 Å². The normalized spacial score (nSPS) is 15.9. The van der Waals surface area contributed by atoms with Crippen molar-refractivity contribution in [3.63, 3.8) is 0 Å². The lowest BCUT2D eigenvalue weighted by molar-refractivity contribution is 0.0940. The minimum absolute atomic E-state index is 0.000850. The maximum Gasteiger partial charge on any atom is 0.251 e. The maximum atomic E-state index is 12.3. The first kappa shape index (κ1) is 15.0. The van der Waals surface area contributed by atoms with Crippen LogP contribution in [0.2, 0.25) is 0 Å². The van der Waals surface area contributed by atoms with Crippen molar-refractivity contribution < 1.29 is 9.90 Å². The van der Waals surface area contributed by atoms with Crippen LogP contribution in [0.1, 0.15) is 35.2 Å². The van der Waals surface area contributed by atoms with Crippen LogP contribution in [-0.2, 0) is 6.42 Å². The fourth-order valence-corrected chi connectivity index (χ4v) is 2.51. The summed E-state index contributed by atoms with van der Waals surface area (Å²) in [7, 11) is 1.91. The van der Waals surface area contributed by atoms with Crippen LogP contribution in [0.25, 0.3) is 0 Å². The predicted octanol–water partition coefficient (Wildman–Crippen LogP) is 1.34. The summed E-state index contributed by atoms with van der Waals surface area (Å²) in [5.41, 5.74) is 2.00. The van der Waals surface area contributed by atoms with Gasteiger partial charge in [-0.25, -0.2) is 0 Å². The Labute approximate surface area is 120 Å². The zero-order valence-electron chi connectivity index (χ0n) is 12.1. The maximum absolute atomic E-state index is 12.3. The van der Waals surface area contributed by atoms with E-state index in [2.05, 4.69) is 10.6 Å². The molecule has 1 aromatic carbocycles. The van der Waals surface area contributed by atoms with Gasteiger partial charge in [-0.3, -0.25) is 4.79 Å². The number of carbonyl (C=O) groups excluding carboxylic acids is 1. The molecular weight excluding hydrogens is 252 g/mol. The number of carbonyl (C=O) groups is 1. The van der Waals surface area contributed by atoms with Crippen LogP contribution in [0.5, 0.6) is 0 Å². The average Bonchev–Trinajstić information content (AvgIpc) is 3.23. The number of nitrogens with one attached hydrogen (secondary N) is 2. The largest absolute Gasteiger partial charge is 0.396 e. The quantitative estimate of drug-likeness (QED) is 0.671. The number of amides is 1. The highest BCUT2D eigenvalue weighted by Crippen LogP contribution is 2.47. The summed E-state index contributed by atoms with van der Waals surface area (Å²) < 4.78 is 0. The number of likely N-dealkylation sites (N-methyl/N-ethyl adjacent to an activating group) is 1. The molecule has 4 nitrogen and oxygen atoms in total. The zero-order chi connectivity index (χ0) is 14.4. The van der Waals surface area contributed by atoms with E-state index < -0.39 is 0 Å². The molecule has 0 saturated heterocycles. The van der Waals surface area contributed by atoms with E-state index in [9.17, 15) is 4.79 Å². The molecular formula is C16H24N2O2. The van der Waals surface area contributed by atoms with Gasteiger partial charge in [0.25, 0.3) is 5.91 Å². The minimum atomic E-state index is 0.000850. The van der Waals surface area contributed by atoms with Crippen molar-refractivity contribution >= 4 is 5.91 Å². The van der Waals surface area contributed by atoms with Gasteiger partial charge in [0.15, 0.2) is 0 Å². The molecule has 1 aliphatic rings. The Hall–Kier alpha value is -1.39. The van der Waals surface area contributed by atoms with Gasteiger partial charge in [0.05, 0.1) is 0 Å². The van der Waals surface area contributed by atoms with E-state index in [-0.39, 0.29) is 17.9 Å². The van der Waals surface area contributed by atoms with Gasteiger partial charge in [0.1, 0.15) is 0 Å². The summed E-state index contributed by atoms with van der Waals surface area (Å²) in [4.78, 5) is 12.3. The highest BCUT2D eigenvalue weighted by atomic mass is 16.3. The van der Waals surface area contributed by atoms with Crippen molar-refractivity contribution in [1.82, 2.24) is 10.6 Å². The third kappa shape index (κ3) is 3.81. The number of benzene rings is 1. The Morgan fingerprint density at radius 3 is 2.75 bits per heavy atom.